The van der Waals surface area contributed by atoms with Gasteiger partial charge in [-0.1, -0.05) is 13.5 Å². The number of aryl methyl sites for hydroxylation is 2. The molecule has 0 aliphatic carbocycles. The van der Waals surface area contributed by atoms with Crippen molar-refractivity contribution in [1.29, 1.82) is 0 Å². The summed E-state index contributed by atoms with van der Waals surface area (Å²) in [5.74, 6) is 0.328. The summed E-state index contributed by atoms with van der Waals surface area (Å²) in [4.78, 5) is 45.6. The summed E-state index contributed by atoms with van der Waals surface area (Å²) in [5, 5.41) is 3.34. The van der Waals surface area contributed by atoms with Gasteiger partial charge in [0.15, 0.2) is 17.3 Å². The molecule has 0 bridgehead atoms. The summed E-state index contributed by atoms with van der Waals surface area (Å²) in [7, 11) is 4.17. The zero-order valence-corrected chi connectivity index (χ0v) is 26.2. The van der Waals surface area contributed by atoms with Crippen molar-refractivity contribution in [2.45, 2.75) is 51.6 Å². The number of carbonyl (C=O) groups is 2. The number of carbonyl (C=O) groups excluding carboxylic acids is 2. The van der Waals surface area contributed by atoms with Crippen LogP contribution in [0.25, 0.3) is 0 Å². The second kappa shape index (κ2) is 13.3. The van der Waals surface area contributed by atoms with Crippen molar-refractivity contribution >= 4 is 34.8 Å². The summed E-state index contributed by atoms with van der Waals surface area (Å²) < 4.78 is 0. The van der Waals surface area contributed by atoms with E-state index >= 15 is 0 Å². The number of nitrogens with two attached hydrogens (primary N) is 1. The van der Waals surface area contributed by atoms with Crippen molar-refractivity contribution in [3.63, 3.8) is 0 Å². The van der Waals surface area contributed by atoms with Crippen molar-refractivity contribution in [2.75, 3.05) is 81.6 Å². The van der Waals surface area contributed by atoms with E-state index < -0.39 is 5.91 Å². The highest BCUT2D eigenvalue weighted by molar-refractivity contribution is 5.96. The van der Waals surface area contributed by atoms with Crippen LogP contribution in [0.3, 0.4) is 0 Å². The van der Waals surface area contributed by atoms with E-state index in [9.17, 15) is 9.59 Å². The molecule has 3 saturated heterocycles. The fourth-order valence-corrected chi connectivity index (χ4v) is 6.68. The normalized spacial score (nSPS) is 20.3. The number of piperidine rings is 1. The Kier molecular flexibility index (Phi) is 9.51. The smallest absolute Gasteiger partial charge is 0.271 e. The van der Waals surface area contributed by atoms with E-state index in [-0.39, 0.29) is 17.6 Å². The standard InChI is InChI=1S/C32H47N9O2/c1-6-26-32(38(5)25-12-15-41(21-25)28(42)7-2)36-31(29(35-26)30(33)43)34-23-8-9-27(22(3)20-23)40-13-10-24(11-14-40)39-18-16-37(4)17-19-39/h7-9,20,24-25H,2,6,10-19,21H2,1,3-5H3,(H2,33,43)(H,34,36)/t25-/m1/s1. The number of aromatic nitrogens is 2. The Morgan fingerprint density at radius 2 is 1.81 bits per heavy atom. The Morgan fingerprint density at radius 3 is 2.44 bits per heavy atom. The average molecular weight is 590 g/mol. The van der Waals surface area contributed by atoms with Crippen LogP contribution < -0.4 is 20.9 Å². The van der Waals surface area contributed by atoms with Crippen LogP contribution in [0, 0.1) is 6.92 Å². The van der Waals surface area contributed by atoms with Crippen LogP contribution in [-0.4, -0.2) is 115 Å². The summed E-state index contributed by atoms with van der Waals surface area (Å²) in [6.45, 7) is 15.7. The lowest BCUT2D eigenvalue weighted by molar-refractivity contribution is -0.125. The van der Waals surface area contributed by atoms with Crippen molar-refractivity contribution in [1.82, 2.24) is 24.7 Å². The minimum absolute atomic E-state index is 0.0673. The van der Waals surface area contributed by atoms with Crippen LogP contribution in [-0.2, 0) is 11.2 Å². The molecule has 2 amide bonds. The lowest BCUT2D eigenvalue weighted by Gasteiger charge is -2.43. The van der Waals surface area contributed by atoms with Crippen LogP contribution in [0.2, 0.25) is 0 Å². The monoisotopic (exact) mass is 589 g/mol. The lowest BCUT2D eigenvalue weighted by Crippen LogP contribution is -2.52. The predicted octanol–water partition coefficient (Wildman–Crippen LogP) is 2.63. The number of benzene rings is 1. The quantitative estimate of drug-likeness (QED) is 0.426. The highest BCUT2D eigenvalue weighted by Gasteiger charge is 2.31. The van der Waals surface area contributed by atoms with Crippen molar-refractivity contribution in [2.24, 2.45) is 5.73 Å². The first-order chi connectivity index (χ1) is 20.7. The fourth-order valence-electron chi connectivity index (χ4n) is 6.68. The minimum Gasteiger partial charge on any atom is -0.371 e. The van der Waals surface area contributed by atoms with Crippen LogP contribution in [0.15, 0.2) is 30.9 Å². The number of nitrogens with one attached hydrogen (secondary N) is 1. The third kappa shape index (κ3) is 6.78. The molecule has 1 atom stereocenters. The van der Waals surface area contributed by atoms with Crippen molar-refractivity contribution in [3.8, 4) is 0 Å². The van der Waals surface area contributed by atoms with E-state index in [0.29, 0.717) is 42.9 Å². The van der Waals surface area contributed by atoms with Gasteiger partial charge < -0.3 is 30.7 Å². The average Bonchev–Trinajstić information content (AvgIpc) is 3.51. The number of hydrogen-bond acceptors (Lipinski definition) is 9. The molecule has 11 heteroatoms. The largest absolute Gasteiger partial charge is 0.371 e. The molecule has 11 nitrogen and oxygen atoms in total. The molecule has 3 aliphatic heterocycles. The summed E-state index contributed by atoms with van der Waals surface area (Å²) in [6.07, 6.45) is 5.12. The topological polar surface area (TPSA) is 114 Å². The molecule has 5 rings (SSSR count). The maximum absolute atomic E-state index is 12.5. The van der Waals surface area contributed by atoms with Gasteiger partial charge in [-0.3, -0.25) is 14.5 Å². The van der Waals surface area contributed by atoms with Gasteiger partial charge in [0, 0.05) is 82.9 Å². The maximum Gasteiger partial charge on any atom is 0.271 e. The number of likely N-dealkylation sites (N-methyl/N-ethyl adjacent to an activating group) is 2. The Labute approximate surface area is 255 Å². The number of nitrogens with zero attached hydrogens (tertiary/aromatic N) is 7. The molecular weight excluding hydrogens is 542 g/mol. The number of piperazine rings is 1. The molecule has 43 heavy (non-hydrogen) atoms. The van der Waals surface area contributed by atoms with E-state index in [1.54, 1.807) is 4.90 Å². The molecule has 1 aromatic heterocycles. The molecule has 2 aromatic rings. The van der Waals surface area contributed by atoms with Gasteiger partial charge in [0.25, 0.3) is 5.91 Å². The van der Waals surface area contributed by atoms with Gasteiger partial charge >= 0.3 is 0 Å². The van der Waals surface area contributed by atoms with Crippen molar-refractivity contribution in [3.05, 3.63) is 47.8 Å². The third-order valence-electron chi connectivity index (χ3n) is 9.37. The highest BCUT2D eigenvalue weighted by Crippen LogP contribution is 2.31. The SMILES string of the molecule is C=CC(=O)N1CC[C@@H](N(C)c2nc(Nc3ccc(N4CCC(N5CCN(C)CC5)CC4)c(C)c3)c(C(N)=O)nc2CC)C1. The molecule has 1 aromatic carbocycles. The van der Waals surface area contributed by atoms with Crippen LogP contribution in [0.5, 0.6) is 0 Å². The summed E-state index contributed by atoms with van der Waals surface area (Å²) in [5.41, 5.74) is 9.82. The van der Waals surface area contributed by atoms with Gasteiger partial charge in [0.1, 0.15) is 0 Å². The van der Waals surface area contributed by atoms with E-state index in [1.165, 1.54) is 37.7 Å². The minimum atomic E-state index is -0.626. The molecule has 3 fully saturated rings. The summed E-state index contributed by atoms with van der Waals surface area (Å²) in [6, 6.07) is 7.04. The van der Waals surface area contributed by atoms with E-state index in [1.807, 2.05) is 20.0 Å². The maximum atomic E-state index is 12.5. The van der Waals surface area contributed by atoms with Crippen LogP contribution in [0.4, 0.5) is 23.0 Å². The first-order valence-electron chi connectivity index (χ1n) is 15.6. The molecular formula is C32H47N9O2. The van der Waals surface area contributed by atoms with Crippen molar-refractivity contribution < 1.29 is 9.59 Å². The summed E-state index contributed by atoms with van der Waals surface area (Å²) >= 11 is 0. The first kappa shape index (κ1) is 30.7. The zero-order valence-electron chi connectivity index (χ0n) is 26.2. The Morgan fingerprint density at radius 1 is 1.09 bits per heavy atom. The van der Waals surface area contributed by atoms with Gasteiger partial charge in [0.05, 0.1) is 5.69 Å². The second-order valence-corrected chi connectivity index (χ2v) is 12.1. The molecule has 0 unspecified atom stereocenters. The molecule has 0 radical (unpaired) electrons. The van der Waals surface area contributed by atoms with Gasteiger partial charge in [-0.2, -0.15) is 0 Å². The second-order valence-electron chi connectivity index (χ2n) is 12.1. The Hall–Kier alpha value is -3.70. The van der Waals surface area contributed by atoms with Crippen LogP contribution >= 0.6 is 0 Å². The number of anilines is 4. The fraction of sp³-hybridized carbons (Fsp3) is 0.562. The molecule has 3 N–H and O–H groups in total. The molecule has 232 valence electrons. The Balaban J connectivity index is 1.31. The molecule has 3 aliphatic rings. The van der Waals surface area contributed by atoms with Gasteiger partial charge in [-0.25, -0.2) is 9.97 Å². The van der Waals surface area contributed by atoms with E-state index in [4.69, 9.17) is 10.7 Å². The number of amides is 2. The third-order valence-corrected chi connectivity index (χ3v) is 9.37. The highest BCUT2D eigenvalue weighted by atomic mass is 16.2. The number of likely N-dealkylation sites (tertiary alicyclic amines) is 1. The van der Waals surface area contributed by atoms with E-state index in [0.717, 1.165) is 43.9 Å². The predicted molar refractivity (Wildman–Crippen MR) is 172 cm³/mol. The number of rotatable bonds is 9. The Bertz CT molecular complexity index is 1330. The van der Waals surface area contributed by atoms with E-state index in [2.05, 4.69) is 62.6 Å². The zero-order chi connectivity index (χ0) is 30.7. The molecule has 0 saturated carbocycles. The molecule has 4 heterocycles. The van der Waals surface area contributed by atoms with Crippen LogP contribution in [0.1, 0.15) is 47.9 Å². The lowest BCUT2D eigenvalue weighted by atomic mass is 10.0. The van der Waals surface area contributed by atoms with Gasteiger partial charge in [-0.05, 0) is 69.5 Å². The molecule has 0 spiro atoms. The number of hydrogen-bond donors (Lipinski definition) is 2. The van der Waals surface area contributed by atoms with Gasteiger partial charge in [-0.15, -0.1) is 0 Å². The van der Waals surface area contributed by atoms with Gasteiger partial charge in [0.2, 0.25) is 5.91 Å². The number of primary amides is 1. The first-order valence-corrected chi connectivity index (χ1v) is 15.6.